The van der Waals surface area contributed by atoms with Gasteiger partial charge in [-0.05, 0) is 75.9 Å². The molecule has 0 spiro atoms. The van der Waals surface area contributed by atoms with Crippen LogP contribution in [-0.2, 0) is 31.5 Å². The monoisotopic (exact) mass is 630 g/mol. The summed E-state index contributed by atoms with van der Waals surface area (Å²) in [5.74, 6) is -1.09. The summed E-state index contributed by atoms with van der Waals surface area (Å²) in [4.78, 5) is 31.6. The molecule has 3 heterocycles. The number of carbonyl (C=O) groups is 2. The molecule has 2 aliphatic heterocycles. The van der Waals surface area contributed by atoms with Gasteiger partial charge in [-0.3, -0.25) is 9.78 Å². The zero-order valence-corrected chi connectivity index (χ0v) is 24.5. The number of alkyl halides is 4. The van der Waals surface area contributed by atoms with E-state index in [0.29, 0.717) is 6.92 Å². The molecule has 234 valence electrons. The smallest absolute Gasteiger partial charge is 0.389 e. The number of amides is 3. The highest BCUT2D eigenvalue weighted by Gasteiger charge is 2.63. The second-order valence-corrected chi connectivity index (χ2v) is 14.2. The molecule has 1 aliphatic carbocycles. The van der Waals surface area contributed by atoms with E-state index in [4.69, 9.17) is 0 Å². The third kappa shape index (κ3) is 4.93. The number of likely N-dealkylation sites (tertiary alicyclic amines) is 1. The molecule has 3 aliphatic rings. The summed E-state index contributed by atoms with van der Waals surface area (Å²) in [5, 5.41) is 12.6. The van der Waals surface area contributed by atoms with E-state index in [9.17, 15) is 45.1 Å². The Kier molecular flexibility index (Phi) is 7.31. The van der Waals surface area contributed by atoms with Crippen molar-refractivity contribution in [1.29, 1.82) is 0 Å². The molecule has 0 radical (unpaired) electrons. The van der Waals surface area contributed by atoms with Crippen LogP contribution in [0, 0.1) is 5.82 Å². The summed E-state index contributed by atoms with van der Waals surface area (Å²) < 4.78 is 96.1. The zero-order valence-electron chi connectivity index (χ0n) is 23.7. The molecule has 1 aromatic carbocycles. The summed E-state index contributed by atoms with van der Waals surface area (Å²) in [6.07, 6.45) is -5.56. The van der Waals surface area contributed by atoms with Gasteiger partial charge in [0.15, 0.2) is 9.84 Å². The number of β-amino-alcohol motifs (C(OH)–C–C–N with tert-alkyl or cyclic N) is 1. The Hall–Kier alpha value is -3.33. The number of carbonyl (C=O) groups excluding carboxylic acids is 2. The van der Waals surface area contributed by atoms with E-state index in [1.54, 1.807) is 0 Å². The Morgan fingerprint density at radius 3 is 2.30 bits per heavy atom. The van der Waals surface area contributed by atoms with Crippen molar-refractivity contribution < 1.29 is 45.1 Å². The third-order valence-electron chi connectivity index (χ3n) is 8.46. The van der Waals surface area contributed by atoms with Gasteiger partial charge in [-0.25, -0.2) is 32.0 Å². The highest BCUT2D eigenvalue weighted by atomic mass is 32.2. The highest BCUT2D eigenvalue weighted by Crippen LogP contribution is 2.53. The van der Waals surface area contributed by atoms with Gasteiger partial charge in [0.2, 0.25) is 11.6 Å². The minimum absolute atomic E-state index is 0.00268. The SMILES string of the molecule is CC(C)(O)CN1C(=O)CCN1C(=O)N1CCC2(S(=O)(=O)c3ccc(F)cc3)c3ccc(C(C)(F)C(F)(F)F)nc3CCC12. The number of aliphatic hydroxyl groups is 1. The molecule has 3 unspecified atom stereocenters. The van der Waals surface area contributed by atoms with Crippen molar-refractivity contribution in [1.82, 2.24) is 19.9 Å². The number of pyridine rings is 1. The molecule has 2 saturated heterocycles. The maximum atomic E-state index is 14.9. The summed E-state index contributed by atoms with van der Waals surface area (Å²) in [6.45, 7) is 2.99. The minimum atomic E-state index is -5.28. The third-order valence-corrected chi connectivity index (χ3v) is 11.0. The number of urea groups is 1. The lowest BCUT2D eigenvalue weighted by atomic mass is 9.80. The normalized spacial score (nSPS) is 24.2. The number of fused-ring (bicyclic) bond motifs is 3. The molecule has 3 atom stereocenters. The van der Waals surface area contributed by atoms with E-state index in [2.05, 4.69) is 4.98 Å². The number of rotatable bonds is 5. The lowest BCUT2D eigenvalue weighted by Crippen LogP contribution is -2.57. The Morgan fingerprint density at radius 2 is 1.70 bits per heavy atom. The van der Waals surface area contributed by atoms with E-state index in [1.165, 1.54) is 18.7 Å². The van der Waals surface area contributed by atoms with E-state index < -0.39 is 61.5 Å². The highest BCUT2D eigenvalue weighted by molar-refractivity contribution is 7.92. The second-order valence-electron chi connectivity index (χ2n) is 12.0. The van der Waals surface area contributed by atoms with Gasteiger partial charge in [-0.2, -0.15) is 13.2 Å². The Morgan fingerprint density at radius 1 is 1.05 bits per heavy atom. The van der Waals surface area contributed by atoms with Gasteiger partial charge in [0, 0.05) is 18.7 Å². The average molecular weight is 631 g/mol. The lowest BCUT2D eigenvalue weighted by molar-refractivity contribution is -0.230. The van der Waals surface area contributed by atoms with Crippen LogP contribution in [0.5, 0.6) is 0 Å². The lowest BCUT2D eigenvalue weighted by Gasteiger charge is -2.43. The average Bonchev–Trinajstić information content (AvgIpc) is 3.48. The standard InChI is InChI=1S/C28H31F5N4O5S/c1-25(2,40)16-37-23(38)12-14-36(37)24(39)35-15-13-27(43(41,42)18-6-4-17(29)5-7-18)19-8-10-21(26(3,30)28(31,32)33)34-20(19)9-11-22(27)35/h4-8,10,22,40H,9,11-16H2,1-3H3. The van der Waals surface area contributed by atoms with Crippen molar-refractivity contribution >= 4 is 21.8 Å². The number of nitrogens with zero attached hydrogens (tertiary/aromatic N) is 4. The topological polar surface area (TPSA) is 111 Å². The number of halogens is 5. The Labute approximate surface area is 245 Å². The van der Waals surface area contributed by atoms with Crippen LogP contribution in [0.25, 0.3) is 0 Å². The molecule has 5 rings (SSSR count). The van der Waals surface area contributed by atoms with Crippen molar-refractivity contribution in [3.05, 3.63) is 59.2 Å². The number of sulfone groups is 1. The van der Waals surface area contributed by atoms with Gasteiger partial charge >= 0.3 is 12.2 Å². The van der Waals surface area contributed by atoms with E-state index in [1.807, 2.05) is 0 Å². The van der Waals surface area contributed by atoms with Crippen LogP contribution in [0.1, 0.15) is 57.0 Å². The summed E-state index contributed by atoms with van der Waals surface area (Å²) in [7, 11) is -4.47. The molecule has 3 amide bonds. The van der Waals surface area contributed by atoms with Crippen molar-refractivity contribution in [2.45, 2.75) is 79.6 Å². The summed E-state index contributed by atoms with van der Waals surface area (Å²) in [5.41, 5.74) is -6.06. The molecule has 15 heteroatoms. The first-order valence-corrected chi connectivity index (χ1v) is 15.2. The second kappa shape index (κ2) is 10.1. The van der Waals surface area contributed by atoms with E-state index in [-0.39, 0.29) is 61.5 Å². The van der Waals surface area contributed by atoms with Crippen molar-refractivity contribution in [3.63, 3.8) is 0 Å². The maximum absolute atomic E-state index is 14.9. The van der Waals surface area contributed by atoms with Crippen LogP contribution in [-0.4, -0.2) is 82.8 Å². The number of benzene rings is 1. The van der Waals surface area contributed by atoms with Crippen LogP contribution in [0.4, 0.5) is 26.7 Å². The number of aryl methyl sites for hydroxylation is 1. The quantitative estimate of drug-likeness (QED) is 0.395. The molecular weight excluding hydrogens is 599 g/mol. The van der Waals surface area contributed by atoms with E-state index >= 15 is 0 Å². The van der Waals surface area contributed by atoms with Gasteiger partial charge in [0.25, 0.3) is 0 Å². The van der Waals surface area contributed by atoms with Crippen molar-refractivity contribution in [3.8, 4) is 0 Å². The number of aromatic nitrogens is 1. The van der Waals surface area contributed by atoms with Crippen molar-refractivity contribution in [2.24, 2.45) is 0 Å². The fourth-order valence-electron chi connectivity index (χ4n) is 6.31. The van der Waals surface area contributed by atoms with Gasteiger partial charge in [-0.1, -0.05) is 6.07 Å². The van der Waals surface area contributed by atoms with Gasteiger partial charge < -0.3 is 10.0 Å². The molecule has 43 heavy (non-hydrogen) atoms. The van der Waals surface area contributed by atoms with Crippen LogP contribution in [0.3, 0.4) is 0 Å². The fraction of sp³-hybridized carbons (Fsp3) is 0.536. The maximum Gasteiger partial charge on any atom is 0.428 e. The Balaban J connectivity index is 1.62. The molecule has 0 saturated carbocycles. The van der Waals surface area contributed by atoms with Gasteiger partial charge in [0.05, 0.1) is 35.3 Å². The van der Waals surface area contributed by atoms with Gasteiger partial charge in [0.1, 0.15) is 10.6 Å². The Bertz CT molecular complexity index is 1560. The summed E-state index contributed by atoms with van der Waals surface area (Å²) in [6, 6.07) is 4.29. The summed E-state index contributed by atoms with van der Waals surface area (Å²) >= 11 is 0. The number of hydrogen-bond donors (Lipinski definition) is 1. The van der Waals surface area contributed by atoms with Crippen LogP contribution >= 0.6 is 0 Å². The van der Waals surface area contributed by atoms with Crippen LogP contribution in [0.2, 0.25) is 0 Å². The number of hydrogen-bond acceptors (Lipinski definition) is 6. The molecule has 9 nitrogen and oxygen atoms in total. The number of hydrazine groups is 1. The molecule has 1 N–H and O–H groups in total. The largest absolute Gasteiger partial charge is 0.428 e. The minimum Gasteiger partial charge on any atom is -0.389 e. The molecular formula is C28H31F5N4O5S. The molecule has 2 aromatic rings. The predicted molar refractivity (Wildman–Crippen MR) is 142 cm³/mol. The molecule has 0 bridgehead atoms. The van der Waals surface area contributed by atoms with Crippen LogP contribution in [0.15, 0.2) is 41.3 Å². The van der Waals surface area contributed by atoms with Gasteiger partial charge in [-0.15, -0.1) is 0 Å². The fourth-order valence-corrected chi connectivity index (χ4v) is 8.66. The molecule has 2 fully saturated rings. The first kappa shape index (κ1) is 31.1. The molecule has 1 aromatic heterocycles. The van der Waals surface area contributed by atoms with E-state index in [0.717, 1.165) is 46.4 Å². The predicted octanol–water partition coefficient (Wildman–Crippen LogP) is 4.00. The zero-order chi connectivity index (χ0) is 31.8. The van der Waals surface area contributed by atoms with Crippen molar-refractivity contribution in [2.75, 3.05) is 19.6 Å². The van der Waals surface area contributed by atoms with Crippen LogP contribution < -0.4 is 0 Å². The first-order chi connectivity index (χ1) is 19.8. The first-order valence-electron chi connectivity index (χ1n) is 13.7.